The molecule has 0 fully saturated rings. The van der Waals surface area contributed by atoms with E-state index in [2.05, 4.69) is 10.2 Å². The minimum absolute atomic E-state index is 0.0786. The van der Waals surface area contributed by atoms with Crippen molar-refractivity contribution in [1.29, 1.82) is 0 Å². The summed E-state index contributed by atoms with van der Waals surface area (Å²) in [6.45, 7) is 6.12. The SMILES string of the molecule is CC(C)(C)C1=CC(=CN=Nc2ccc(Cl)cc2)c2ccccc2C1=O. The van der Waals surface area contributed by atoms with Gasteiger partial charge in [0.25, 0.3) is 0 Å². The number of carbonyl (C=O) groups is 1. The number of ketones is 1. The van der Waals surface area contributed by atoms with Gasteiger partial charge in [-0.15, -0.1) is 0 Å². The molecule has 0 bridgehead atoms. The molecule has 4 heteroatoms. The molecule has 1 aliphatic rings. The number of fused-ring (bicyclic) bond motifs is 1. The summed E-state index contributed by atoms with van der Waals surface area (Å²) in [5.74, 6) is 0.0786. The van der Waals surface area contributed by atoms with E-state index in [1.165, 1.54) is 0 Å². The molecule has 0 saturated heterocycles. The Bertz CT molecular complexity index is 900. The van der Waals surface area contributed by atoms with Gasteiger partial charge in [0.05, 0.1) is 11.9 Å². The van der Waals surface area contributed by atoms with Crippen LogP contribution in [0.2, 0.25) is 5.02 Å². The van der Waals surface area contributed by atoms with Crippen LogP contribution >= 0.6 is 11.6 Å². The molecule has 0 atom stereocenters. The molecule has 3 nitrogen and oxygen atoms in total. The quantitative estimate of drug-likeness (QED) is 0.560. The van der Waals surface area contributed by atoms with Gasteiger partial charge in [-0.05, 0) is 41.3 Å². The largest absolute Gasteiger partial charge is 0.289 e. The topological polar surface area (TPSA) is 41.8 Å². The summed E-state index contributed by atoms with van der Waals surface area (Å²) in [5, 5.41) is 9.06. The van der Waals surface area contributed by atoms with Crippen LogP contribution in [-0.4, -0.2) is 5.78 Å². The summed E-state index contributed by atoms with van der Waals surface area (Å²) in [5.41, 5.74) is 3.74. The first-order valence-corrected chi connectivity index (χ1v) is 8.47. The van der Waals surface area contributed by atoms with Crippen molar-refractivity contribution in [3.63, 3.8) is 0 Å². The molecule has 2 aromatic rings. The number of rotatable bonds is 2. The zero-order chi connectivity index (χ0) is 18.0. The van der Waals surface area contributed by atoms with Crippen molar-refractivity contribution in [2.75, 3.05) is 0 Å². The Morgan fingerprint density at radius 1 is 0.960 bits per heavy atom. The minimum atomic E-state index is -0.239. The summed E-state index contributed by atoms with van der Waals surface area (Å²) >= 11 is 5.87. The highest BCUT2D eigenvalue weighted by Gasteiger charge is 2.30. The van der Waals surface area contributed by atoms with Gasteiger partial charge in [-0.1, -0.05) is 56.6 Å². The summed E-state index contributed by atoms with van der Waals surface area (Å²) in [7, 11) is 0. The van der Waals surface area contributed by atoms with E-state index in [0.29, 0.717) is 10.6 Å². The lowest BCUT2D eigenvalue weighted by atomic mass is 9.76. The van der Waals surface area contributed by atoms with Gasteiger partial charge in [0, 0.05) is 21.7 Å². The molecule has 0 saturated carbocycles. The van der Waals surface area contributed by atoms with E-state index in [-0.39, 0.29) is 11.2 Å². The summed E-state index contributed by atoms with van der Waals surface area (Å²) in [4.78, 5) is 12.8. The van der Waals surface area contributed by atoms with E-state index in [0.717, 1.165) is 22.4 Å². The molecule has 0 unspecified atom stereocenters. The third-order valence-corrected chi connectivity index (χ3v) is 4.28. The number of benzene rings is 2. The average molecular weight is 351 g/mol. The van der Waals surface area contributed by atoms with Crippen LogP contribution < -0.4 is 0 Å². The van der Waals surface area contributed by atoms with Crippen molar-refractivity contribution in [2.24, 2.45) is 15.6 Å². The molecule has 25 heavy (non-hydrogen) atoms. The molecule has 126 valence electrons. The van der Waals surface area contributed by atoms with Gasteiger partial charge in [0.1, 0.15) is 0 Å². The number of allylic oxidation sites excluding steroid dienone is 3. The number of hydrogen-bond donors (Lipinski definition) is 0. The molecule has 0 spiro atoms. The molecule has 0 heterocycles. The third-order valence-electron chi connectivity index (χ3n) is 4.03. The van der Waals surface area contributed by atoms with E-state index in [9.17, 15) is 4.79 Å². The molecule has 0 aliphatic heterocycles. The van der Waals surface area contributed by atoms with Gasteiger partial charge in [0.2, 0.25) is 0 Å². The van der Waals surface area contributed by atoms with Gasteiger partial charge >= 0.3 is 0 Å². The van der Waals surface area contributed by atoms with Crippen molar-refractivity contribution in [1.82, 2.24) is 0 Å². The molecule has 2 aromatic carbocycles. The van der Waals surface area contributed by atoms with Crippen LogP contribution in [-0.2, 0) is 0 Å². The van der Waals surface area contributed by atoms with Crippen molar-refractivity contribution in [2.45, 2.75) is 20.8 Å². The van der Waals surface area contributed by atoms with Crippen LogP contribution in [0.5, 0.6) is 0 Å². The van der Waals surface area contributed by atoms with E-state index in [1.807, 2.05) is 51.1 Å². The van der Waals surface area contributed by atoms with E-state index >= 15 is 0 Å². The first-order valence-electron chi connectivity index (χ1n) is 8.09. The number of halogens is 1. The number of carbonyl (C=O) groups excluding carboxylic acids is 1. The summed E-state index contributed by atoms with van der Waals surface area (Å²) in [6, 6.07) is 14.8. The molecule has 0 amide bonds. The Labute approximate surface area is 152 Å². The molecule has 3 rings (SSSR count). The fourth-order valence-corrected chi connectivity index (χ4v) is 2.83. The summed E-state index contributed by atoms with van der Waals surface area (Å²) < 4.78 is 0. The van der Waals surface area contributed by atoms with Gasteiger partial charge in [-0.2, -0.15) is 10.2 Å². The molecular formula is C21H19ClN2O. The standard InChI is InChI=1S/C21H19ClN2O/c1-21(2,3)19-12-14(17-6-4-5-7-18(17)20(19)25)13-23-24-16-10-8-15(22)9-11-16/h4-13H,1-3H3. The fraction of sp³-hybridized carbons (Fsp3) is 0.190. The minimum Gasteiger partial charge on any atom is -0.289 e. The van der Waals surface area contributed by atoms with E-state index in [4.69, 9.17) is 11.6 Å². The lowest BCUT2D eigenvalue weighted by Crippen LogP contribution is -2.22. The Kier molecular flexibility index (Phi) is 4.69. The van der Waals surface area contributed by atoms with Crippen LogP contribution in [0.25, 0.3) is 5.57 Å². The van der Waals surface area contributed by atoms with E-state index in [1.54, 1.807) is 30.5 Å². The highest BCUT2D eigenvalue weighted by Crippen LogP contribution is 2.37. The average Bonchev–Trinajstić information content (AvgIpc) is 2.58. The molecule has 0 radical (unpaired) electrons. The third kappa shape index (κ3) is 3.77. The van der Waals surface area contributed by atoms with Crippen molar-refractivity contribution in [3.8, 4) is 0 Å². The number of Topliss-reactive ketones (excluding diaryl/α,β-unsaturated/α-hetero) is 1. The normalized spacial score (nSPS) is 16.2. The van der Waals surface area contributed by atoms with Crippen LogP contribution in [0.4, 0.5) is 5.69 Å². The second-order valence-corrected chi connectivity index (χ2v) is 7.40. The fourth-order valence-electron chi connectivity index (χ4n) is 2.71. The number of hydrogen-bond acceptors (Lipinski definition) is 3. The maximum Gasteiger partial charge on any atom is 0.190 e. The van der Waals surface area contributed by atoms with Gasteiger partial charge in [0.15, 0.2) is 5.78 Å². The Hall–Kier alpha value is -2.52. The summed E-state index contributed by atoms with van der Waals surface area (Å²) in [6.07, 6.45) is 3.62. The number of azo groups is 1. The van der Waals surface area contributed by atoms with Gasteiger partial charge in [-0.25, -0.2) is 0 Å². The smallest absolute Gasteiger partial charge is 0.190 e. The lowest BCUT2D eigenvalue weighted by Gasteiger charge is -2.27. The Balaban J connectivity index is 2.01. The zero-order valence-electron chi connectivity index (χ0n) is 14.5. The molecule has 1 aliphatic carbocycles. The first kappa shape index (κ1) is 17.3. The Morgan fingerprint density at radius 2 is 1.60 bits per heavy atom. The van der Waals surface area contributed by atoms with Crippen molar-refractivity contribution < 1.29 is 4.79 Å². The Morgan fingerprint density at radius 3 is 2.24 bits per heavy atom. The van der Waals surface area contributed by atoms with Crippen LogP contribution in [0.15, 0.2) is 76.6 Å². The van der Waals surface area contributed by atoms with Crippen LogP contribution in [0.1, 0.15) is 36.7 Å². The predicted octanol–water partition coefficient (Wildman–Crippen LogP) is 6.63. The molecule has 0 aromatic heterocycles. The van der Waals surface area contributed by atoms with Crippen molar-refractivity contribution in [3.05, 3.63) is 82.5 Å². The monoisotopic (exact) mass is 350 g/mol. The first-order chi connectivity index (χ1) is 11.9. The zero-order valence-corrected chi connectivity index (χ0v) is 15.2. The highest BCUT2D eigenvalue weighted by molar-refractivity contribution is 6.30. The van der Waals surface area contributed by atoms with Crippen LogP contribution in [0, 0.1) is 5.41 Å². The molecular weight excluding hydrogens is 332 g/mol. The second kappa shape index (κ2) is 6.77. The van der Waals surface area contributed by atoms with Crippen molar-refractivity contribution >= 4 is 28.6 Å². The molecule has 0 N–H and O–H groups in total. The number of nitrogens with zero attached hydrogens (tertiary/aromatic N) is 2. The van der Waals surface area contributed by atoms with E-state index < -0.39 is 0 Å². The maximum absolute atomic E-state index is 12.8. The van der Waals surface area contributed by atoms with Crippen LogP contribution in [0.3, 0.4) is 0 Å². The second-order valence-electron chi connectivity index (χ2n) is 6.96. The maximum atomic E-state index is 12.8. The predicted molar refractivity (Wildman–Crippen MR) is 102 cm³/mol. The highest BCUT2D eigenvalue weighted by atomic mass is 35.5. The lowest BCUT2D eigenvalue weighted by molar-refractivity contribution is 0.101. The van der Waals surface area contributed by atoms with Gasteiger partial charge in [-0.3, -0.25) is 4.79 Å². The van der Waals surface area contributed by atoms with Gasteiger partial charge < -0.3 is 0 Å².